The number of rotatable bonds is 3. The van der Waals surface area contributed by atoms with Crippen LogP contribution in [0.2, 0.25) is 0 Å². The number of halogens is 4. The number of carbonyl (C=O) groups is 2. The van der Waals surface area contributed by atoms with Gasteiger partial charge in [0.2, 0.25) is 5.91 Å². The van der Waals surface area contributed by atoms with E-state index in [2.05, 4.69) is 10.4 Å². The summed E-state index contributed by atoms with van der Waals surface area (Å²) in [5, 5.41) is 7.17. The highest BCUT2D eigenvalue weighted by Crippen LogP contribution is 2.32. The van der Waals surface area contributed by atoms with E-state index in [9.17, 15) is 27.2 Å². The molecule has 1 aliphatic heterocycles. The number of carbonyl (C=O) groups excluding carboxylic acids is 2. The zero-order valence-electron chi connectivity index (χ0n) is 16.0. The molecule has 4 rings (SSSR count). The Kier molecular flexibility index (Phi) is 5.25. The second kappa shape index (κ2) is 7.73. The Hall–Kier alpha value is -2.91. The average Bonchev–Trinajstić information content (AvgIpc) is 3.35. The number of nitrogens with zero attached hydrogens (tertiary/aromatic N) is 3. The number of aromatic nitrogens is 2. The van der Waals surface area contributed by atoms with Gasteiger partial charge in [-0.15, -0.1) is 0 Å². The topological polar surface area (TPSA) is 67.2 Å². The molecule has 2 amide bonds. The lowest BCUT2D eigenvalue weighted by atomic mass is 9.92. The Morgan fingerprint density at radius 1 is 1.10 bits per heavy atom. The summed E-state index contributed by atoms with van der Waals surface area (Å²) in [6.45, 7) is -0.0884. The minimum atomic E-state index is -5.00. The number of likely N-dealkylation sites (tertiary alicyclic amines) is 1. The van der Waals surface area contributed by atoms with Gasteiger partial charge < -0.3 is 10.2 Å². The summed E-state index contributed by atoms with van der Waals surface area (Å²) in [5.41, 5.74) is 2.33. The molecule has 1 saturated heterocycles. The Bertz CT molecular complexity index is 955. The number of nitrogens with one attached hydrogen (secondary N) is 1. The summed E-state index contributed by atoms with van der Waals surface area (Å²) in [6.07, 6.45) is -0.761. The fourth-order valence-corrected chi connectivity index (χ4v) is 4.22. The molecule has 0 spiro atoms. The van der Waals surface area contributed by atoms with Crippen LogP contribution in [0.5, 0.6) is 0 Å². The maximum absolute atomic E-state index is 13.2. The lowest BCUT2D eigenvalue weighted by Crippen LogP contribution is -2.50. The van der Waals surface area contributed by atoms with Crippen LogP contribution < -0.4 is 5.32 Å². The van der Waals surface area contributed by atoms with E-state index in [0.717, 1.165) is 17.7 Å². The van der Waals surface area contributed by atoms with Crippen LogP contribution in [0.25, 0.3) is 5.69 Å². The number of amides is 2. The van der Waals surface area contributed by atoms with Crippen molar-refractivity contribution in [3.05, 3.63) is 47.5 Å². The molecular weight excluding hydrogens is 404 g/mol. The van der Waals surface area contributed by atoms with Gasteiger partial charge in [-0.3, -0.25) is 9.59 Å². The molecule has 160 valence electrons. The molecule has 0 bridgehead atoms. The van der Waals surface area contributed by atoms with Gasteiger partial charge in [-0.25, -0.2) is 9.07 Å². The number of fused-ring (bicyclic) bond motifs is 1. The van der Waals surface area contributed by atoms with Gasteiger partial charge in [0, 0.05) is 17.8 Å². The summed E-state index contributed by atoms with van der Waals surface area (Å²) < 4.78 is 53.4. The molecule has 1 aromatic heterocycles. The van der Waals surface area contributed by atoms with Gasteiger partial charge in [0.1, 0.15) is 11.9 Å². The van der Waals surface area contributed by atoms with Crippen LogP contribution in [0.1, 0.15) is 43.0 Å². The molecular formula is C20H20F4N4O2. The van der Waals surface area contributed by atoms with E-state index in [1.807, 2.05) is 0 Å². The Morgan fingerprint density at radius 2 is 1.83 bits per heavy atom. The highest BCUT2D eigenvalue weighted by atomic mass is 19.4. The standard InChI is InChI=1S/C20H20F4N4O2/c21-12-6-8-13(9-7-12)28-16-4-1-3-15(14(16)11-25-28)26-18(29)17-5-2-10-27(17)19(30)20(22,23)24/h6-9,11,15,17H,1-5,10H2,(H,26,29)/t15-,17+/m0/s1. The second-order valence-electron chi connectivity index (χ2n) is 7.54. The third kappa shape index (κ3) is 3.78. The number of alkyl halides is 3. The molecule has 2 aromatic rings. The van der Waals surface area contributed by atoms with Crippen molar-refractivity contribution in [1.29, 1.82) is 0 Å². The first-order chi connectivity index (χ1) is 14.3. The molecule has 1 N–H and O–H groups in total. The second-order valence-corrected chi connectivity index (χ2v) is 7.54. The van der Waals surface area contributed by atoms with Crippen LogP contribution in [0.3, 0.4) is 0 Å². The minimum Gasteiger partial charge on any atom is -0.347 e. The van der Waals surface area contributed by atoms with Gasteiger partial charge in [-0.05, 0) is 56.4 Å². The molecule has 10 heteroatoms. The Labute approximate surface area is 169 Å². The zero-order valence-corrected chi connectivity index (χ0v) is 16.0. The highest BCUT2D eigenvalue weighted by molar-refractivity contribution is 5.90. The van der Waals surface area contributed by atoms with Crippen LogP contribution in [0, 0.1) is 5.82 Å². The molecule has 30 heavy (non-hydrogen) atoms. The fourth-order valence-electron chi connectivity index (χ4n) is 4.22. The smallest absolute Gasteiger partial charge is 0.347 e. The minimum absolute atomic E-state index is 0.0884. The van der Waals surface area contributed by atoms with Crippen LogP contribution in [0.15, 0.2) is 30.5 Å². The molecule has 2 aliphatic rings. The molecule has 0 unspecified atom stereocenters. The summed E-state index contributed by atoms with van der Waals surface area (Å²) in [5.74, 6) is -2.93. The Morgan fingerprint density at radius 3 is 2.53 bits per heavy atom. The molecule has 0 radical (unpaired) electrons. The quantitative estimate of drug-likeness (QED) is 0.771. The molecule has 1 fully saturated rings. The van der Waals surface area contributed by atoms with E-state index in [1.54, 1.807) is 23.0 Å². The van der Waals surface area contributed by atoms with E-state index < -0.39 is 30.1 Å². The normalized spacial score (nSPS) is 21.4. The molecule has 1 aliphatic carbocycles. The first-order valence-corrected chi connectivity index (χ1v) is 9.76. The van der Waals surface area contributed by atoms with Crippen LogP contribution in [-0.2, 0) is 16.0 Å². The summed E-state index contributed by atoms with van der Waals surface area (Å²) in [7, 11) is 0. The molecule has 2 atom stereocenters. The van der Waals surface area contributed by atoms with Crippen molar-refractivity contribution >= 4 is 11.8 Å². The molecule has 1 aromatic carbocycles. The van der Waals surface area contributed by atoms with Gasteiger partial charge in [0.25, 0.3) is 0 Å². The van der Waals surface area contributed by atoms with Crippen LogP contribution in [0.4, 0.5) is 17.6 Å². The van der Waals surface area contributed by atoms with Crippen molar-refractivity contribution in [2.75, 3.05) is 6.54 Å². The fraction of sp³-hybridized carbons (Fsp3) is 0.450. The third-order valence-corrected chi connectivity index (χ3v) is 5.63. The number of hydrogen-bond acceptors (Lipinski definition) is 3. The van der Waals surface area contributed by atoms with E-state index in [0.29, 0.717) is 29.8 Å². The maximum Gasteiger partial charge on any atom is 0.471 e. The first-order valence-electron chi connectivity index (χ1n) is 9.76. The number of benzene rings is 1. The van der Waals surface area contributed by atoms with Crippen molar-refractivity contribution < 1.29 is 27.2 Å². The van der Waals surface area contributed by atoms with Gasteiger partial charge in [0.05, 0.1) is 17.9 Å². The van der Waals surface area contributed by atoms with Gasteiger partial charge in [-0.2, -0.15) is 18.3 Å². The lowest BCUT2D eigenvalue weighted by Gasteiger charge is -2.29. The summed E-state index contributed by atoms with van der Waals surface area (Å²) in [6, 6.07) is 4.33. The molecule has 2 heterocycles. The van der Waals surface area contributed by atoms with E-state index in [4.69, 9.17) is 0 Å². The van der Waals surface area contributed by atoms with Crippen LogP contribution >= 0.6 is 0 Å². The Balaban J connectivity index is 1.52. The lowest BCUT2D eigenvalue weighted by molar-refractivity contribution is -0.186. The van der Waals surface area contributed by atoms with Crippen molar-refractivity contribution in [3.8, 4) is 5.69 Å². The van der Waals surface area contributed by atoms with Crippen molar-refractivity contribution in [2.45, 2.75) is 50.4 Å². The molecule has 6 nitrogen and oxygen atoms in total. The van der Waals surface area contributed by atoms with Crippen molar-refractivity contribution in [3.63, 3.8) is 0 Å². The third-order valence-electron chi connectivity index (χ3n) is 5.63. The van der Waals surface area contributed by atoms with Gasteiger partial charge in [0.15, 0.2) is 0 Å². The predicted octanol–water partition coefficient (Wildman–Crippen LogP) is 3.06. The van der Waals surface area contributed by atoms with Gasteiger partial charge >= 0.3 is 12.1 Å². The monoisotopic (exact) mass is 424 g/mol. The average molecular weight is 424 g/mol. The largest absolute Gasteiger partial charge is 0.471 e. The summed E-state index contributed by atoms with van der Waals surface area (Å²) in [4.78, 5) is 25.0. The highest BCUT2D eigenvalue weighted by Gasteiger charge is 2.48. The predicted molar refractivity (Wildman–Crippen MR) is 98.1 cm³/mol. The van der Waals surface area contributed by atoms with Crippen molar-refractivity contribution in [2.24, 2.45) is 0 Å². The summed E-state index contributed by atoms with van der Waals surface area (Å²) >= 11 is 0. The SMILES string of the molecule is O=C(N[C@H]1CCCc2c1cnn2-c1ccc(F)cc1)[C@H]1CCCN1C(=O)C(F)(F)F. The van der Waals surface area contributed by atoms with Gasteiger partial charge in [-0.1, -0.05) is 0 Å². The van der Waals surface area contributed by atoms with E-state index >= 15 is 0 Å². The van der Waals surface area contributed by atoms with Crippen LogP contribution in [-0.4, -0.2) is 45.3 Å². The number of hydrogen-bond donors (Lipinski definition) is 1. The first kappa shape index (κ1) is 20.4. The molecule has 0 saturated carbocycles. The zero-order chi connectivity index (χ0) is 21.5. The maximum atomic E-state index is 13.2. The van der Waals surface area contributed by atoms with Crippen molar-refractivity contribution in [1.82, 2.24) is 20.0 Å². The van der Waals surface area contributed by atoms with E-state index in [1.165, 1.54) is 12.1 Å². The van der Waals surface area contributed by atoms with E-state index in [-0.39, 0.29) is 18.8 Å².